The second kappa shape index (κ2) is 7.75. The summed E-state index contributed by atoms with van der Waals surface area (Å²) in [5.74, 6) is -1.01. The van der Waals surface area contributed by atoms with Gasteiger partial charge in [0.1, 0.15) is 11.9 Å². The van der Waals surface area contributed by atoms with Gasteiger partial charge in [0.2, 0.25) is 10.0 Å². The molecule has 0 spiro atoms. The van der Waals surface area contributed by atoms with E-state index in [-0.39, 0.29) is 11.4 Å². The number of carbonyl (C=O) groups is 1. The van der Waals surface area contributed by atoms with Crippen molar-refractivity contribution in [1.82, 2.24) is 8.87 Å². The number of thiazole rings is 1. The lowest BCUT2D eigenvalue weighted by Gasteiger charge is -2.21. The predicted molar refractivity (Wildman–Crippen MR) is 112 cm³/mol. The molecular formula is C19H17BrFN3O3S2. The summed E-state index contributed by atoms with van der Waals surface area (Å²) in [4.78, 5) is 17.6. The fourth-order valence-corrected chi connectivity index (χ4v) is 6.91. The van der Waals surface area contributed by atoms with Crippen molar-refractivity contribution in [1.29, 1.82) is 0 Å². The van der Waals surface area contributed by atoms with E-state index < -0.39 is 27.8 Å². The number of rotatable bonds is 3. The first-order valence-corrected chi connectivity index (χ1v) is 11.9. The Balaban J connectivity index is 1.70. The van der Waals surface area contributed by atoms with E-state index in [2.05, 4.69) is 20.9 Å². The number of carbonyl (C=O) groups excluding carboxylic acids is 1. The molecule has 2 heterocycles. The minimum Gasteiger partial charge on any atom is -0.318 e. The first kappa shape index (κ1) is 20.4. The molecule has 1 saturated heterocycles. The maximum absolute atomic E-state index is 13.2. The molecule has 1 aromatic heterocycles. The van der Waals surface area contributed by atoms with Crippen molar-refractivity contribution in [2.45, 2.75) is 23.8 Å². The largest absolute Gasteiger partial charge is 0.318 e. The number of amides is 1. The maximum Gasteiger partial charge on any atom is 0.266 e. The zero-order valence-electron chi connectivity index (χ0n) is 15.4. The maximum atomic E-state index is 13.2. The number of hydrogen-bond acceptors (Lipinski definition) is 4. The SMILES string of the molecule is Cn1c(=NC(=O)C2CCCN2S(=O)(=O)c2ccc(F)cc2)sc2cccc(Br)c21. The topological polar surface area (TPSA) is 71.7 Å². The van der Waals surface area contributed by atoms with Gasteiger partial charge in [-0.15, -0.1) is 0 Å². The number of sulfonamides is 1. The first-order valence-electron chi connectivity index (χ1n) is 8.89. The number of fused-ring (bicyclic) bond motifs is 1. The van der Waals surface area contributed by atoms with Gasteiger partial charge in [0.25, 0.3) is 5.91 Å². The van der Waals surface area contributed by atoms with Crippen LogP contribution >= 0.6 is 27.3 Å². The van der Waals surface area contributed by atoms with E-state index in [9.17, 15) is 17.6 Å². The molecule has 0 aliphatic carbocycles. The Bertz CT molecular complexity index is 1270. The van der Waals surface area contributed by atoms with Crippen LogP contribution < -0.4 is 4.80 Å². The normalized spacial score (nSPS) is 18.6. The summed E-state index contributed by atoms with van der Waals surface area (Å²) in [6, 6.07) is 9.51. The van der Waals surface area contributed by atoms with Crippen molar-refractivity contribution in [3.8, 4) is 0 Å². The van der Waals surface area contributed by atoms with Crippen molar-refractivity contribution in [2.75, 3.05) is 6.54 Å². The van der Waals surface area contributed by atoms with E-state index in [1.807, 2.05) is 29.8 Å². The highest BCUT2D eigenvalue weighted by Crippen LogP contribution is 2.28. The predicted octanol–water partition coefficient (Wildman–Crippen LogP) is 3.42. The average molecular weight is 498 g/mol. The number of halogens is 2. The molecule has 4 rings (SSSR count). The van der Waals surface area contributed by atoms with Gasteiger partial charge in [-0.25, -0.2) is 12.8 Å². The molecule has 1 aliphatic heterocycles. The summed E-state index contributed by atoms with van der Waals surface area (Å²) < 4.78 is 44.0. The second-order valence-electron chi connectivity index (χ2n) is 6.71. The molecule has 0 N–H and O–H groups in total. The quantitative estimate of drug-likeness (QED) is 0.556. The molecule has 2 aromatic carbocycles. The molecule has 29 heavy (non-hydrogen) atoms. The number of benzene rings is 2. The van der Waals surface area contributed by atoms with Gasteiger partial charge in [0.05, 0.1) is 15.1 Å². The van der Waals surface area contributed by atoms with Gasteiger partial charge >= 0.3 is 0 Å². The van der Waals surface area contributed by atoms with Crippen LogP contribution in [0.3, 0.4) is 0 Å². The Morgan fingerprint density at radius 2 is 1.97 bits per heavy atom. The lowest BCUT2D eigenvalue weighted by molar-refractivity contribution is -0.121. The number of para-hydroxylation sites is 1. The lowest BCUT2D eigenvalue weighted by atomic mass is 10.2. The molecule has 6 nitrogen and oxygen atoms in total. The zero-order chi connectivity index (χ0) is 20.8. The number of hydrogen-bond donors (Lipinski definition) is 0. The van der Waals surface area contributed by atoms with E-state index in [0.29, 0.717) is 17.6 Å². The molecule has 3 aromatic rings. The summed E-state index contributed by atoms with van der Waals surface area (Å²) in [6.45, 7) is 0.232. The summed E-state index contributed by atoms with van der Waals surface area (Å²) >= 11 is 4.87. The Morgan fingerprint density at radius 1 is 1.24 bits per heavy atom. The fraction of sp³-hybridized carbons (Fsp3) is 0.263. The summed E-state index contributed by atoms with van der Waals surface area (Å²) in [5, 5.41) is 0. The van der Waals surface area contributed by atoms with Gasteiger partial charge < -0.3 is 4.57 Å². The Hall–Kier alpha value is -1.88. The summed E-state index contributed by atoms with van der Waals surface area (Å²) in [5.41, 5.74) is 0.922. The standard InChI is InChI=1S/C19H17BrFN3O3S2/c1-23-17-14(20)4-2-6-16(17)28-19(23)22-18(25)15-5-3-11-24(15)29(26,27)13-9-7-12(21)8-10-13/h2,4,6-10,15H,3,5,11H2,1H3. The molecular weight excluding hydrogens is 481 g/mol. The van der Waals surface area contributed by atoms with E-state index in [1.165, 1.54) is 27.8 Å². The van der Waals surface area contributed by atoms with Crippen LogP contribution in [0.1, 0.15) is 12.8 Å². The van der Waals surface area contributed by atoms with Crippen molar-refractivity contribution in [2.24, 2.45) is 12.0 Å². The van der Waals surface area contributed by atoms with Crippen LogP contribution in [0, 0.1) is 5.82 Å². The van der Waals surface area contributed by atoms with Gasteiger partial charge in [0.15, 0.2) is 4.80 Å². The summed E-state index contributed by atoms with van der Waals surface area (Å²) in [6.07, 6.45) is 0.970. The Kier molecular flexibility index (Phi) is 5.45. The zero-order valence-corrected chi connectivity index (χ0v) is 18.6. The van der Waals surface area contributed by atoms with Crippen LogP contribution in [0.15, 0.2) is 56.8 Å². The molecule has 1 aliphatic rings. The number of aryl methyl sites for hydroxylation is 1. The second-order valence-corrected chi connectivity index (χ2v) is 10.5. The number of aromatic nitrogens is 1. The molecule has 1 unspecified atom stereocenters. The van der Waals surface area contributed by atoms with Crippen molar-refractivity contribution in [3.63, 3.8) is 0 Å². The van der Waals surface area contributed by atoms with E-state index in [1.54, 1.807) is 0 Å². The van der Waals surface area contributed by atoms with Gasteiger partial charge in [-0.2, -0.15) is 9.30 Å². The minimum absolute atomic E-state index is 0.0325. The van der Waals surface area contributed by atoms with Gasteiger partial charge in [-0.1, -0.05) is 17.4 Å². The lowest BCUT2D eigenvalue weighted by Crippen LogP contribution is -2.40. The van der Waals surface area contributed by atoms with Crippen molar-refractivity contribution in [3.05, 3.63) is 57.6 Å². The molecule has 0 bridgehead atoms. The van der Waals surface area contributed by atoms with E-state index in [0.717, 1.165) is 26.8 Å². The smallest absolute Gasteiger partial charge is 0.266 e. The fourth-order valence-electron chi connectivity index (χ4n) is 3.45. The average Bonchev–Trinajstić information content (AvgIpc) is 3.29. The molecule has 1 atom stereocenters. The van der Waals surface area contributed by atoms with Crippen molar-refractivity contribution < 1.29 is 17.6 Å². The third-order valence-corrected chi connectivity index (χ3v) is 8.55. The highest BCUT2D eigenvalue weighted by atomic mass is 79.9. The third-order valence-electron chi connectivity index (χ3n) is 4.89. The van der Waals surface area contributed by atoms with Crippen molar-refractivity contribution >= 4 is 53.4 Å². The van der Waals surface area contributed by atoms with E-state index in [4.69, 9.17) is 0 Å². The minimum atomic E-state index is -3.91. The molecule has 0 radical (unpaired) electrons. The molecule has 152 valence electrons. The third kappa shape index (κ3) is 3.70. The van der Waals surface area contributed by atoms with Gasteiger partial charge in [0, 0.05) is 18.1 Å². The highest BCUT2D eigenvalue weighted by molar-refractivity contribution is 9.10. The Morgan fingerprint density at radius 3 is 2.66 bits per heavy atom. The van der Waals surface area contributed by atoms with Gasteiger partial charge in [-0.3, -0.25) is 4.79 Å². The van der Waals surface area contributed by atoms with Gasteiger partial charge in [-0.05, 0) is 65.2 Å². The molecule has 0 saturated carbocycles. The number of nitrogens with zero attached hydrogens (tertiary/aromatic N) is 3. The van der Waals surface area contributed by atoms with Crippen LogP contribution in [-0.4, -0.2) is 35.8 Å². The monoisotopic (exact) mass is 497 g/mol. The highest BCUT2D eigenvalue weighted by Gasteiger charge is 2.39. The van der Waals surface area contributed by atoms with Crippen LogP contribution in [0.2, 0.25) is 0 Å². The molecule has 1 amide bonds. The van der Waals surface area contributed by atoms with Crippen LogP contribution in [0.4, 0.5) is 4.39 Å². The first-order chi connectivity index (χ1) is 13.8. The van der Waals surface area contributed by atoms with Crippen LogP contribution in [-0.2, 0) is 21.9 Å². The van der Waals surface area contributed by atoms with E-state index >= 15 is 0 Å². The summed E-state index contributed by atoms with van der Waals surface area (Å²) in [7, 11) is -2.09. The van der Waals surface area contributed by atoms with Crippen LogP contribution in [0.25, 0.3) is 10.2 Å². The van der Waals surface area contributed by atoms with Crippen LogP contribution in [0.5, 0.6) is 0 Å². The molecule has 10 heteroatoms. The Labute approximate surface area is 179 Å². The molecule has 1 fully saturated rings.